The molecule has 9 heteroatoms. The molecule has 1 heterocycles. The summed E-state index contributed by atoms with van der Waals surface area (Å²) in [7, 11) is 0.288. The summed E-state index contributed by atoms with van der Waals surface area (Å²) < 4.78 is 29.7. The number of hydrogen-bond donors (Lipinski definition) is 2. The number of nitrogens with zero attached hydrogens (tertiary/aromatic N) is 2. The number of urea groups is 1. The van der Waals surface area contributed by atoms with E-state index in [9.17, 15) is 18.7 Å². The number of amides is 2. The minimum absolute atomic E-state index is 0.179. The van der Waals surface area contributed by atoms with Crippen molar-refractivity contribution in [3.8, 4) is 5.75 Å². The van der Waals surface area contributed by atoms with E-state index in [-0.39, 0.29) is 37.2 Å². The molecule has 30 heavy (non-hydrogen) atoms. The minimum atomic E-state index is -2.60. The second kappa shape index (κ2) is 9.38. The van der Waals surface area contributed by atoms with Gasteiger partial charge in [-0.3, -0.25) is 14.0 Å². The van der Waals surface area contributed by atoms with Gasteiger partial charge in [-0.25, -0.2) is 9.59 Å². The van der Waals surface area contributed by atoms with Gasteiger partial charge in [0.25, 0.3) is 0 Å². The molecule has 0 aromatic heterocycles. The lowest BCUT2D eigenvalue weighted by molar-refractivity contribution is 0.0600. The predicted octanol–water partition coefficient (Wildman–Crippen LogP) is 3.67. The van der Waals surface area contributed by atoms with Crippen molar-refractivity contribution < 1.29 is 28.2 Å². The van der Waals surface area contributed by atoms with Gasteiger partial charge in [-0.1, -0.05) is 18.2 Å². The van der Waals surface area contributed by atoms with Crippen molar-refractivity contribution in [3.63, 3.8) is 0 Å². The van der Waals surface area contributed by atoms with Crippen LogP contribution in [0.3, 0.4) is 0 Å². The zero-order valence-electron chi connectivity index (χ0n) is 17.0. The summed E-state index contributed by atoms with van der Waals surface area (Å²) in [5.74, 6) is 0.561. The normalized spacial score (nSPS) is 16.5. The summed E-state index contributed by atoms with van der Waals surface area (Å²) in [6.07, 6.45) is 0. The molecule has 0 bridgehead atoms. The third-order valence-corrected chi connectivity index (χ3v) is 6.63. The molecule has 1 aliphatic heterocycles. The van der Waals surface area contributed by atoms with Crippen molar-refractivity contribution in [2.45, 2.75) is 6.54 Å². The van der Waals surface area contributed by atoms with Crippen molar-refractivity contribution >= 4 is 28.3 Å². The molecule has 1 saturated heterocycles. The molecule has 2 aromatic rings. The Bertz CT molecular complexity index is 893. The molecule has 0 unspecified atom stereocenters. The first kappa shape index (κ1) is 21.9. The summed E-state index contributed by atoms with van der Waals surface area (Å²) >= 11 is 0. The van der Waals surface area contributed by atoms with Crippen LogP contribution in [0.15, 0.2) is 48.5 Å². The Morgan fingerprint density at radius 1 is 1.07 bits per heavy atom. The summed E-state index contributed by atoms with van der Waals surface area (Å²) in [4.78, 5) is 28.2. The van der Waals surface area contributed by atoms with E-state index in [1.165, 1.54) is 7.11 Å². The fraction of sp³-hybridized carbons (Fsp3) is 0.333. The maximum absolute atomic E-state index is 13.3. The standard InChI is InChI=1S/C21H26N2O6S/c1-28-19-5-3-4-18(14-19)23(21(25)22-10-12-30(26,27)13-11-22)15-16-6-8-17(9-7-16)20(24)29-2/h3-9,14,26-27H,10-13,15H2,1-2H3. The monoisotopic (exact) mass is 434 g/mol. The smallest absolute Gasteiger partial charge is 0.337 e. The van der Waals surface area contributed by atoms with Crippen LogP contribution in [0.1, 0.15) is 15.9 Å². The molecule has 1 aliphatic rings. The van der Waals surface area contributed by atoms with Crippen LogP contribution >= 0.6 is 10.6 Å². The highest BCUT2D eigenvalue weighted by molar-refractivity contribution is 8.24. The number of rotatable bonds is 5. The lowest BCUT2D eigenvalue weighted by Gasteiger charge is -2.42. The molecule has 3 rings (SSSR count). The van der Waals surface area contributed by atoms with Crippen molar-refractivity contribution in [1.29, 1.82) is 0 Å². The minimum Gasteiger partial charge on any atom is -0.497 e. The SMILES string of the molecule is COC(=O)c1ccc(CN(C(=O)N2CCS(O)(O)CC2)c2cccc(OC)c2)cc1. The van der Waals surface area contributed by atoms with Gasteiger partial charge < -0.3 is 14.4 Å². The van der Waals surface area contributed by atoms with E-state index >= 15 is 0 Å². The van der Waals surface area contributed by atoms with E-state index in [0.717, 1.165) is 5.56 Å². The first-order valence-corrected chi connectivity index (χ1v) is 11.3. The highest BCUT2D eigenvalue weighted by Crippen LogP contribution is 2.40. The van der Waals surface area contributed by atoms with Crippen LogP contribution in [-0.4, -0.2) is 64.8 Å². The fourth-order valence-electron chi connectivity index (χ4n) is 3.18. The molecular formula is C21H26N2O6S. The topological polar surface area (TPSA) is 99.5 Å². The molecule has 8 nitrogen and oxygen atoms in total. The zero-order chi connectivity index (χ0) is 21.7. The number of ether oxygens (including phenoxy) is 2. The quantitative estimate of drug-likeness (QED) is 0.697. The first-order chi connectivity index (χ1) is 14.3. The van der Waals surface area contributed by atoms with E-state index < -0.39 is 16.6 Å². The van der Waals surface area contributed by atoms with Gasteiger partial charge >= 0.3 is 12.0 Å². The van der Waals surface area contributed by atoms with Gasteiger partial charge in [-0.2, -0.15) is 10.6 Å². The lowest BCUT2D eigenvalue weighted by Crippen LogP contribution is -2.48. The molecule has 0 spiro atoms. The maximum Gasteiger partial charge on any atom is 0.337 e. The van der Waals surface area contributed by atoms with E-state index in [4.69, 9.17) is 9.47 Å². The number of hydrogen-bond acceptors (Lipinski definition) is 6. The van der Waals surface area contributed by atoms with Gasteiger partial charge in [-0.05, 0) is 29.8 Å². The average Bonchev–Trinajstić information content (AvgIpc) is 2.77. The molecule has 2 aromatic carbocycles. The van der Waals surface area contributed by atoms with Crippen LogP contribution in [0.5, 0.6) is 5.75 Å². The Labute approximate surface area is 177 Å². The molecule has 0 atom stereocenters. The summed E-state index contributed by atoms with van der Waals surface area (Å²) in [5, 5.41) is 0. The Kier molecular flexibility index (Phi) is 6.86. The maximum atomic E-state index is 13.3. The van der Waals surface area contributed by atoms with E-state index in [1.54, 1.807) is 53.3 Å². The third-order valence-electron chi connectivity index (χ3n) is 4.96. The fourth-order valence-corrected chi connectivity index (χ4v) is 4.41. The lowest BCUT2D eigenvalue weighted by atomic mass is 10.1. The number of carbonyl (C=O) groups excluding carboxylic acids is 2. The van der Waals surface area contributed by atoms with Crippen LogP contribution < -0.4 is 9.64 Å². The van der Waals surface area contributed by atoms with Gasteiger partial charge in [-0.15, -0.1) is 0 Å². The van der Waals surface area contributed by atoms with Crippen molar-refractivity contribution in [1.82, 2.24) is 4.90 Å². The number of carbonyl (C=O) groups is 2. The molecule has 0 aliphatic carbocycles. The molecular weight excluding hydrogens is 408 g/mol. The number of esters is 1. The molecule has 2 N–H and O–H groups in total. The van der Waals surface area contributed by atoms with Crippen LogP contribution in [0, 0.1) is 0 Å². The summed E-state index contributed by atoms with van der Waals surface area (Å²) in [6.45, 7) is 0.839. The second-order valence-electron chi connectivity index (χ2n) is 6.96. The molecule has 0 saturated carbocycles. The van der Waals surface area contributed by atoms with Crippen molar-refractivity contribution in [2.75, 3.05) is 43.7 Å². The Hall–Kier alpha value is -2.75. The van der Waals surface area contributed by atoms with Crippen molar-refractivity contribution in [3.05, 3.63) is 59.7 Å². The van der Waals surface area contributed by atoms with Gasteiger partial charge in [0.1, 0.15) is 5.75 Å². The summed E-state index contributed by atoms with van der Waals surface area (Å²) in [6, 6.07) is 13.8. The number of anilines is 1. The van der Waals surface area contributed by atoms with Gasteiger partial charge in [0.2, 0.25) is 0 Å². The van der Waals surface area contributed by atoms with Gasteiger partial charge in [0.05, 0.1) is 37.8 Å². The second-order valence-corrected chi connectivity index (χ2v) is 9.38. The molecule has 2 amide bonds. The van der Waals surface area contributed by atoms with E-state index in [2.05, 4.69) is 0 Å². The average molecular weight is 435 g/mol. The zero-order valence-corrected chi connectivity index (χ0v) is 17.8. The van der Waals surface area contributed by atoms with Crippen LogP contribution in [0.25, 0.3) is 0 Å². The largest absolute Gasteiger partial charge is 0.497 e. The number of benzene rings is 2. The molecule has 1 fully saturated rings. The van der Waals surface area contributed by atoms with Gasteiger partial charge in [0, 0.05) is 24.8 Å². The van der Waals surface area contributed by atoms with Crippen LogP contribution in [0.2, 0.25) is 0 Å². The van der Waals surface area contributed by atoms with Crippen molar-refractivity contribution in [2.24, 2.45) is 0 Å². The van der Waals surface area contributed by atoms with Gasteiger partial charge in [0.15, 0.2) is 0 Å². The first-order valence-electron chi connectivity index (χ1n) is 9.44. The Morgan fingerprint density at radius 2 is 1.73 bits per heavy atom. The van der Waals surface area contributed by atoms with E-state index in [1.807, 2.05) is 12.1 Å². The number of methoxy groups -OCH3 is 2. The molecule has 0 radical (unpaired) electrons. The molecule has 162 valence electrons. The Morgan fingerprint density at radius 3 is 2.33 bits per heavy atom. The highest BCUT2D eigenvalue weighted by atomic mass is 32.3. The van der Waals surface area contributed by atoms with Crippen LogP contribution in [0.4, 0.5) is 10.5 Å². The van der Waals surface area contributed by atoms with E-state index in [0.29, 0.717) is 17.0 Å². The highest BCUT2D eigenvalue weighted by Gasteiger charge is 2.29. The third kappa shape index (κ3) is 5.24. The van der Waals surface area contributed by atoms with Crippen LogP contribution in [-0.2, 0) is 11.3 Å². The summed E-state index contributed by atoms with van der Waals surface area (Å²) in [5.41, 5.74) is 1.93. The Balaban J connectivity index is 1.86. The predicted molar refractivity (Wildman–Crippen MR) is 117 cm³/mol.